The fraction of sp³-hybridized carbons (Fsp3) is 0.167. The monoisotopic (exact) mass is 281 g/mol. The number of carbonyl (C=O) groups is 1. The molecule has 2 aromatic carbocycles. The van der Waals surface area contributed by atoms with Gasteiger partial charge in [0.2, 0.25) is 5.91 Å². The van der Waals surface area contributed by atoms with Gasteiger partial charge in [0.05, 0.1) is 6.61 Å². The molecule has 1 amide bonds. The summed E-state index contributed by atoms with van der Waals surface area (Å²) in [7, 11) is 0. The average molecular weight is 281 g/mol. The van der Waals surface area contributed by atoms with Crippen molar-refractivity contribution in [2.24, 2.45) is 0 Å². The lowest BCUT2D eigenvalue weighted by Crippen LogP contribution is -2.07. The number of anilines is 1. The van der Waals surface area contributed by atoms with Crippen molar-refractivity contribution in [1.29, 1.82) is 0 Å². The summed E-state index contributed by atoms with van der Waals surface area (Å²) in [6.07, 6.45) is 4.23. The first-order valence-corrected chi connectivity index (χ1v) is 7.05. The maximum atomic E-state index is 11.9. The normalized spacial score (nSPS) is 10.5. The van der Waals surface area contributed by atoms with Crippen molar-refractivity contribution >= 4 is 17.7 Å². The van der Waals surface area contributed by atoms with Crippen LogP contribution in [0.5, 0.6) is 5.75 Å². The predicted octanol–water partition coefficient (Wildman–Crippen LogP) is 4.13. The molecule has 0 unspecified atom stereocenters. The Labute approximate surface area is 125 Å². The van der Waals surface area contributed by atoms with Gasteiger partial charge in [-0.1, -0.05) is 43.3 Å². The number of hydrogen-bond acceptors (Lipinski definition) is 2. The van der Waals surface area contributed by atoms with Crippen LogP contribution in [0, 0.1) is 0 Å². The van der Waals surface area contributed by atoms with E-state index in [1.807, 2.05) is 54.6 Å². The van der Waals surface area contributed by atoms with E-state index in [1.54, 1.807) is 6.08 Å². The third-order valence-electron chi connectivity index (χ3n) is 2.84. The summed E-state index contributed by atoms with van der Waals surface area (Å²) >= 11 is 0. The number of nitrogens with one attached hydrogen (secondary N) is 1. The summed E-state index contributed by atoms with van der Waals surface area (Å²) < 4.78 is 5.65. The van der Waals surface area contributed by atoms with E-state index in [0.29, 0.717) is 6.61 Å². The molecule has 0 radical (unpaired) electrons. The van der Waals surface area contributed by atoms with Gasteiger partial charge < -0.3 is 10.1 Å². The third kappa shape index (κ3) is 4.80. The molecule has 2 aromatic rings. The fourth-order valence-electron chi connectivity index (χ4n) is 1.83. The maximum absolute atomic E-state index is 11.9. The molecule has 0 saturated heterocycles. The molecular weight excluding hydrogens is 262 g/mol. The van der Waals surface area contributed by atoms with Crippen LogP contribution in [0.15, 0.2) is 60.7 Å². The second-order valence-corrected chi connectivity index (χ2v) is 4.57. The maximum Gasteiger partial charge on any atom is 0.248 e. The highest BCUT2D eigenvalue weighted by Gasteiger charge is 2.01. The molecule has 1 N–H and O–H groups in total. The SMILES string of the molecule is CCCOc1ccccc1/C=C/C(=O)Nc1ccccc1. The molecule has 21 heavy (non-hydrogen) atoms. The number of para-hydroxylation sites is 2. The number of amides is 1. The number of ether oxygens (including phenoxy) is 1. The van der Waals surface area contributed by atoms with Gasteiger partial charge in [-0.2, -0.15) is 0 Å². The Hall–Kier alpha value is -2.55. The van der Waals surface area contributed by atoms with Gasteiger partial charge in [0.25, 0.3) is 0 Å². The van der Waals surface area contributed by atoms with Crippen molar-refractivity contribution in [3.8, 4) is 5.75 Å². The predicted molar refractivity (Wildman–Crippen MR) is 86.3 cm³/mol. The van der Waals surface area contributed by atoms with Crippen LogP contribution in [0.1, 0.15) is 18.9 Å². The summed E-state index contributed by atoms with van der Waals surface area (Å²) in [5, 5.41) is 2.81. The van der Waals surface area contributed by atoms with Crippen LogP contribution in [0.2, 0.25) is 0 Å². The van der Waals surface area contributed by atoms with E-state index in [-0.39, 0.29) is 5.91 Å². The number of carbonyl (C=O) groups excluding carboxylic acids is 1. The van der Waals surface area contributed by atoms with Crippen molar-refractivity contribution in [1.82, 2.24) is 0 Å². The highest BCUT2D eigenvalue weighted by molar-refractivity contribution is 6.02. The minimum atomic E-state index is -0.161. The summed E-state index contributed by atoms with van der Waals surface area (Å²) in [6.45, 7) is 2.73. The van der Waals surface area contributed by atoms with Crippen LogP contribution in [0.4, 0.5) is 5.69 Å². The molecule has 0 aliphatic rings. The molecule has 0 fully saturated rings. The second kappa shape index (κ2) is 7.90. The van der Waals surface area contributed by atoms with Crippen molar-refractivity contribution in [3.63, 3.8) is 0 Å². The first-order valence-electron chi connectivity index (χ1n) is 7.05. The summed E-state index contributed by atoms with van der Waals surface area (Å²) in [5.74, 6) is 0.634. The first kappa shape index (κ1) is 14.9. The minimum Gasteiger partial charge on any atom is -0.493 e. The summed E-state index contributed by atoms with van der Waals surface area (Å²) in [6, 6.07) is 17.1. The molecule has 0 saturated carbocycles. The van der Waals surface area contributed by atoms with Crippen LogP contribution in [-0.4, -0.2) is 12.5 Å². The van der Waals surface area contributed by atoms with E-state index in [2.05, 4.69) is 12.2 Å². The van der Waals surface area contributed by atoms with E-state index in [4.69, 9.17) is 4.74 Å². The topological polar surface area (TPSA) is 38.3 Å². The number of hydrogen-bond donors (Lipinski definition) is 1. The van der Waals surface area contributed by atoms with Gasteiger partial charge in [0.15, 0.2) is 0 Å². The van der Waals surface area contributed by atoms with Crippen LogP contribution >= 0.6 is 0 Å². The van der Waals surface area contributed by atoms with Crippen molar-refractivity contribution < 1.29 is 9.53 Å². The van der Waals surface area contributed by atoms with Gasteiger partial charge in [-0.25, -0.2) is 0 Å². The molecule has 0 aliphatic carbocycles. The molecule has 0 atom stereocenters. The third-order valence-corrected chi connectivity index (χ3v) is 2.84. The molecule has 0 bridgehead atoms. The largest absolute Gasteiger partial charge is 0.493 e. The first-order chi connectivity index (χ1) is 10.3. The lowest BCUT2D eigenvalue weighted by molar-refractivity contribution is -0.111. The highest BCUT2D eigenvalue weighted by Crippen LogP contribution is 2.19. The molecule has 2 rings (SSSR count). The second-order valence-electron chi connectivity index (χ2n) is 4.57. The molecule has 108 valence electrons. The Morgan fingerprint density at radius 3 is 2.57 bits per heavy atom. The zero-order valence-electron chi connectivity index (χ0n) is 12.1. The Bertz CT molecular complexity index is 606. The number of benzene rings is 2. The fourth-order valence-corrected chi connectivity index (χ4v) is 1.83. The van der Waals surface area contributed by atoms with E-state index in [1.165, 1.54) is 6.08 Å². The quantitative estimate of drug-likeness (QED) is 0.809. The molecule has 0 aliphatic heterocycles. The molecule has 3 heteroatoms. The molecular formula is C18H19NO2. The van der Waals surface area contributed by atoms with Crippen molar-refractivity contribution in [2.45, 2.75) is 13.3 Å². The van der Waals surface area contributed by atoms with Gasteiger partial charge in [-0.15, -0.1) is 0 Å². The van der Waals surface area contributed by atoms with Crippen LogP contribution < -0.4 is 10.1 Å². The van der Waals surface area contributed by atoms with Crippen molar-refractivity contribution in [2.75, 3.05) is 11.9 Å². The Kier molecular flexibility index (Phi) is 5.59. The molecule has 3 nitrogen and oxygen atoms in total. The minimum absolute atomic E-state index is 0.161. The lowest BCUT2D eigenvalue weighted by atomic mass is 10.2. The molecule has 0 heterocycles. The Balaban J connectivity index is 2.02. The molecule has 0 aromatic heterocycles. The summed E-state index contributed by atoms with van der Waals surface area (Å²) in [4.78, 5) is 11.9. The van der Waals surface area contributed by atoms with Crippen LogP contribution in [-0.2, 0) is 4.79 Å². The standard InChI is InChI=1S/C18H19NO2/c1-2-14-21-17-11-7-6-8-15(17)12-13-18(20)19-16-9-4-3-5-10-16/h3-13H,2,14H2,1H3,(H,19,20)/b13-12+. The van der Waals surface area contributed by atoms with Gasteiger partial charge in [-0.3, -0.25) is 4.79 Å². The molecule has 0 spiro atoms. The van der Waals surface area contributed by atoms with Gasteiger partial charge in [-0.05, 0) is 30.7 Å². The van der Waals surface area contributed by atoms with E-state index in [0.717, 1.165) is 23.4 Å². The van der Waals surface area contributed by atoms with Gasteiger partial charge in [0, 0.05) is 17.3 Å². The van der Waals surface area contributed by atoms with E-state index in [9.17, 15) is 4.79 Å². The average Bonchev–Trinajstić information content (AvgIpc) is 2.52. The lowest BCUT2D eigenvalue weighted by Gasteiger charge is -2.07. The summed E-state index contributed by atoms with van der Waals surface area (Å²) in [5.41, 5.74) is 1.68. The zero-order valence-corrected chi connectivity index (χ0v) is 12.1. The Morgan fingerprint density at radius 1 is 1.10 bits per heavy atom. The van der Waals surface area contributed by atoms with E-state index >= 15 is 0 Å². The zero-order chi connectivity index (χ0) is 14.9. The number of rotatable bonds is 6. The smallest absolute Gasteiger partial charge is 0.248 e. The highest BCUT2D eigenvalue weighted by atomic mass is 16.5. The van der Waals surface area contributed by atoms with Crippen LogP contribution in [0.3, 0.4) is 0 Å². The van der Waals surface area contributed by atoms with Crippen molar-refractivity contribution in [3.05, 3.63) is 66.2 Å². The van der Waals surface area contributed by atoms with Gasteiger partial charge in [0.1, 0.15) is 5.75 Å². The van der Waals surface area contributed by atoms with Crippen LogP contribution in [0.25, 0.3) is 6.08 Å². The Morgan fingerprint density at radius 2 is 1.81 bits per heavy atom. The van der Waals surface area contributed by atoms with Gasteiger partial charge >= 0.3 is 0 Å². The van der Waals surface area contributed by atoms with E-state index < -0.39 is 0 Å².